The molecule has 1 aromatic carbocycles. The zero-order valence-corrected chi connectivity index (χ0v) is 24.1. The zero-order chi connectivity index (χ0) is 28.6. The maximum absolute atomic E-state index is 13.2. The summed E-state index contributed by atoms with van der Waals surface area (Å²) in [5.74, 6) is -0.885. The lowest BCUT2D eigenvalue weighted by Gasteiger charge is -2.39. The summed E-state index contributed by atoms with van der Waals surface area (Å²) in [6.45, 7) is 10.7. The molecule has 1 aliphatic carbocycles. The fourth-order valence-electron chi connectivity index (χ4n) is 4.08. The molecule has 0 unspecified atom stereocenters. The number of unbranched alkanes of at least 4 members (excludes halogenated alkanes) is 1. The van der Waals surface area contributed by atoms with Crippen LogP contribution in [0, 0.1) is 5.92 Å². The lowest BCUT2D eigenvalue weighted by Crippen LogP contribution is -2.44. The van der Waals surface area contributed by atoms with Crippen molar-refractivity contribution in [2.75, 3.05) is 0 Å². The monoisotopic (exact) mass is 550 g/mol. The van der Waals surface area contributed by atoms with E-state index in [2.05, 4.69) is 33.9 Å². The highest BCUT2D eigenvalue weighted by molar-refractivity contribution is 6.74. The Morgan fingerprint density at radius 1 is 1.18 bits per heavy atom. The van der Waals surface area contributed by atoms with Crippen molar-refractivity contribution in [2.45, 2.75) is 96.1 Å². The van der Waals surface area contributed by atoms with Gasteiger partial charge >= 0.3 is 12.1 Å². The second-order valence-corrected chi connectivity index (χ2v) is 16.2. The van der Waals surface area contributed by atoms with Gasteiger partial charge in [-0.05, 0) is 74.4 Å². The van der Waals surface area contributed by atoms with Crippen molar-refractivity contribution >= 4 is 20.1 Å². The van der Waals surface area contributed by atoms with Crippen LogP contribution >= 0.6 is 0 Å². The van der Waals surface area contributed by atoms with Crippen molar-refractivity contribution in [1.82, 2.24) is 0 Å². The summed E-state index contributed by atoms with van der Waals surface area (Å²) in [5, 5.41) is 8.71. The minimum atomic E-state index is -4.38. The van der Waals surface area contributed by atoms with Crippen LogP contribution in [0.4, 0.5) is 13.2 Å². The first-order chi connectivity index (χ1) is 17.6. The first-order valence-corrected chi connectivity index (χ1v) is 16.1. The normalized spacial score (nSPS) is 18.6. The molecule has 4 nitrogen and oxygen atoms in total. The minimum absolute atomic E-state index is 0.0294. The molecule has 0 heterocycles. The molecule has 0 saturated heterocycles. The molecule has 1 aromatic rings. The summed E-state index contributed by atoms with van der Waals surface area (Å²) >= 11 is 0. The Bertz CT molecular complexity index is 1050. The molecule has 0 radical (unpaired) electrons. The van der Waals surface area contributed by atoms with Crippen LogP contribution in [0.5, 0.6) is 0 Å². The van der Waals surface area contributed by atoms with Gasteiger partial charge in [0.2, 0.25) is 0 Å². The molecule has 210 valence electrons. The molecule has 0 aliphatic heterocycles. The average molecular weight is 551 g/mol. The van der Waals surface area contributed by atoms with Crippen LogP contribution in [0.25, 0.3) is 0 Å². The predicted octanol–water partition coefficient (Wildman–Crippen LogP) is 8.30. The summed E-state index contributed by atoms with van der Waals surface area (Å²) in [4.78, 5) is 23.2. The van der Waals surface area contributed by atoms with Crippen molar-refractivity contribution in [3.05, 3.63) is 71.3 Å². The van der Waals surface area contributed by atoms with E-state index >= 15 is 0 Å². The number of carboxylic acid groups (broad SMARTS) is 1. The highest BCUT2D eigenvalue weighted by Crippen LogP contribution is 2.38. The Kier molecular flexibility index (Phi) is 11.3. The van der Waals surface area contributed by atoms with Crippen molar-refractivity contribution in [3.8, 4) is 0 Å². The van der Waals surface area contributed by atoms with Gasteiger partial charge in [0.25, 0.3) is 0 Å². The number of hydrogen-bond donors (Lipinski definition) is 1. The van der Waals surface area contributed by atoms with E-state index in [0.29, 0.717) is 49.7 Å². The molecule has 2 rings (SSSR count). The fraction of sp³-hybridized carbons (Fsp3) is 0.533. The lowest BCUT2D eigenvalue weighted by atomic mass is 9.95. The Morgan fingerprint density at radius 2 is 1.89 bits per heavy atom. The highest BCUT2D eigenvalue weighted by atomic mass is 28.4. The van der Waals surface area contributed by atoms with Crippen LogP contribution in [0.15, 0.2) is 60.2 Å². The van der Waals surface area contributed by atoms with Crippen LogP contribution in [0.1, 0.15) is 70.4 Å². The van der Waals surface area contributed by atoms with Crippen LogP contribution in [0.3, 0.4) is 0 Å². The molecule has 2 atom stereocenters. The Labute approximate surface area is 225 Å². The number of rotatable bonds is 13. The fourth-order valence-corrected chi connectivity index (χ4v) is 5.48. The Balaban J connectivity index is 2.13. The summed E-state index contributed by atoms with van der Waals surface area (Å²) in [5.41, 5.74) is 0.671. The first-order valence-electron chi connectivity index (χ1n) is 13.2. The molecule has 0 bridgehead atoms. The second kappa shape index (κ2) is 13.6. The van der Waals surface area contributed by atoms with E-state index in [0.717, 1.165) is 6.07 Å². The molecule has 0 spiro atoms. The quantitative estimate of drug-likeness (QED) is 0.116. The molecule has 0 aromatic heterocycles. The molecule has 0 saturated carbocycles. The van der Waals surface area contributed by atoms with Crippen molar-refractivity contribution in [3.63, 3.8) is 0 Å². The minimum Gasteiger partial charge on any atom is -0.481 e. The molecule has 1 N–H and O–H groups in total. The van der Waals surface area contributed by atoms with Gasteiger partial charge in [-0.2, -0.15) is 13.2 Å². The smallest absolute Gasteiger partial charge is 0.416 e. The van der Waals surface area contributed by atoms with Gasteiger partial charge in [-0.3, -0.25) is 9.59 Å². The number of hydrogen-bond acceptors (Lipinski definition) is 3. The molecule has 8 heteroatoms. The maximum Gasteiger partial charge on any atom is 0.416 e. The SMILES string of the molecule is CC(C)(C)[Si](C)(C)O[C@H](C/C=C1/C(=O)C=C[C@@H]1C/C=C\CCCC(=O)O)CCc1cccc(C(F)(F)F)c1. The van der Waals surface area contributed by atoms with Crippen molar-refractivity contribution < 1.29 is 32.3 Å². The van der Waals surface area contributed by atoms with E-state index in [1.807, 2.05) is 24.3 Å². The lowest BCUT2D eigenvalue weighted by molar-refractivity contribution is -0.138. The number of carboxylic acids is 1. The molecule has 0 fully saturated rings. The van der Waals surface area contributed by atoms with Crippen molar-refractivity contribution in [2.24, 2.45) is 5.92 Å². The van der Waals surface area contributed by atoms with Crippen LogP contribution in [0.2, 0.25) is 18.1 Å². The van der Waals surface area contributed by atoms with Gasteiger partial charge < -0.3 is 9.53 Å². The van der Waals surface area contributed by atoms with E-state index in [4.69, 9.17) is 9.53 Å². The van der Waals surface area contributed by atoms with Gasteiger partial charge in [-0.1, -0.05) is 63.3 Å². The second-order valence-electron chi connectivity index (χ2n) is 11.5. The van der Waals surface area contributed by atoms with Crippen LogP contribution in [-0.2, 0) is 26.6 Å². The number of carbonyl (C=O) groups excluding carboxylic acids is 1. The van der Waals surface area contributed by atoms with E-state index in [1.54, 1.807) is 12.1 Å². The molecular weight excluding hydrogens is 509 g/mol. The predicted molar refractivity (Wildman–Crippen MR) is 147 cm³/mol. The largest absolute Gasteiger partial charge is 0.481 e. The number of alkyl halides is 3. The number of aryl methyl sites for hydroxylation is 1. The number of allylic oxidation sites excluding steroid dienone is 5. The van der Waals surface area contributed by atoms with Gasteiger partial charge in [0.1, 0.15) is 0 Å². The molecule has 38 heavy (non-hydrogen) atoms. The van der Waals surface area contributed by atoms with Crippen LogP contribution in [-0.4, -0.2) is 31.3 Å². The number of halogens is 3. The summed E-state index contributed by atoms with van der Waals surface area (Å²) in [7, 11) is -2.16. The maximum atomic E-state index is 13.2. The Hall–Kier alpha value is -2.45. The zero-order valence-electron chi connectivity index (χ0n) is 23.1. The molecule has 1 aliphatic rings. The average Bonchev–Trinajstić information content (AvgIpc) is 3.15. The number of carbonyl (C=O) groups is 2. The first kappa shape index (κ1) is 31.8. The third kappa shape index (κ3) is 10.0. The summed E-state index contributed by atoms with van der Waals surface area (Å²) in [6, 6.07) is 5.43. The molecule has 0 amide bonds. The van der Waals surface area contributed by atoms with Gasteiger partial charge in [0, 0.05) is 24.0 Å². The Morgan fingerprint density at radius 3 is 2.53 bits per heavy atom. The molecular formula is C30H41F3O4Si. The van der Waals surface area contributed by atoms with E-state index in [-0.39, 0.29) is 29.3 Å². The number of aliphatic carboxylic acids is 1. The van der Waals surface area contributed by atoms with E-state index < -0.39 is 26.0 Å². The van der Waals surface area contributed by atoms with Gasteiger partial charge in [0.05, 0.1) is 5.56 Å². The summed E-state index contributed by atoms with van der Waals surface area (Å²) < 4.78 is 46.2. The number of ketones is 1. The van der Waals surface area contributed by atoms with Crippen LogP contribution < -0.4 is 0 Å². The van der Waals surface area contributed by atoms with Gasteiger partial charge in [-0.25, -0.2) is 0 Å². The number of benzene rings is 1. The highest BCUT2D eigenvalue weighted by Gasteiger charge is 2.39. The van der Waals surface area contributed by atoms with Crippen molar-refractivity contribution in [1.29, 1.82) is 0 Å². The topological polar surface area (TPSA) is 63.6 Å². The summed E-state index contributed by atoms with van der Waals surface area (Å²) in [6.07, 6.45) is 8.29. The van der Waals surface area contributed by atoms with E-state index in [9.17, 15) is 22.8 Å². The third-order valence-corrected chi connectivity index (χ3v) is 11.9. The van der Waals surface area contributed by atoms with Gasteiger partial charge in [0.15, 0.2) is 14.1 Å². The third-order valence-electron chi connectivity index (χ3n) is 7.36. The van der Waals surface area contributed by atoms with Gasteiger partial charge in [-0.15, -0.1) is 0 Å². The standard InChI is InChI=1S/C30H41F3O4Si/c1-29(2,3)38(4,5)37-25(17-15-22-11-10-13-24(21-22)30(31,32)33)18-19-26-23(16-20-27(26)34)12-8-6-7-9-14-28(35)36/h6,8,10-11,13,16,19-21,23,25H,7,9,12,14-15,17-18H2,1-5H3,(H,35,36)/b8-6-,26-19+/t23-,25-/m0/s1. The van der Waals surface area contributed by atoms with E-state index in [1.165, 1.54) is 12.1 Å².